The van der Waals surface area contributed by atoms with Gasteiger partial charge in [-0.2, -0.15) is 0 Å². The van der Waals surface area contributed by atoms with E-state index in [9.17, 15) is 9.59 Å². The van der Waals surface area contributed by atoms with Gasteiger partial charge in [-0.1, -0.05) is 42.5 Å². The molecule has 1 aromatic heterocycles. The highest BCUT2D eigenvalue weighted by Gasteiger charge is 2.15. The van der Waals surface area contributed by atoms with Gasteiger partial charge < -0.3 is 4.90 Å². The largest absolute Gasteiger partial charge is 0.335 e. The van der Waals surface area contributed by atoms with Crippen LogP contribution >= 0.6 is 11.3 Å². The number of carbonyl (C=O) groups excluding carboxylic acids is 2. The number of hydrogen-bond donors (Lipinski definition) is 0. The number of thiophene rings is 1. The molecular formula is C18H19NO2S. The van der Waals surface area contributed by atoms with Crippen molar-refractivity contribution < 1.29 is 9.59 Å². The van der Waals surface area contributed by atoms with E-state index in [1.807, 2.05) is 41.8 Å². The smallest absolute Gasteiger partial charge is 0.223 e. The van der Waals surface area contributed by atoms with Crippen molar-refractivity contribution in [1.82, 2.24) is 4.90 Å². The minimum Gasteiger partial charge on any atom is -0.335 e. The van der Waals surface area contributed by atoms with Crippen molar-refractivity contribution in [1.29, 1.82) is 0 Å². The van der Waals surface area contributed by atoms with E-state index in [0.717, 1.165) is 5.56 Å². The molecule has 1 heterocycles. The Bertz CT molecular complexity index is 620. The van der Waals surface area contributed by atoms with Crippen molar-refractivity contribution in [3.05, 3.63) is 70.9 Å². The number of nitrogens with zero attached hydrogens (tertiary/aromatic N) is 1. The fourth-order valence-corrected chi connectivity index (χ4v) is 2.85. The Morgan fingerprint density at radius 2 is 1.86 bits per heavy atom. The molecule has 4 heteroatoms. The number of rotatable bonds is 8. The number of benzene rings is 1. The molecule has 0 aliphatic heterocycles. The van der Waals surface area contributed by atoms with E-state index in [0.29, 0.717) is 18.0 Å². The molecule has 0 fully saturated rings. The summed E-state index contributed by atoms with van der Waals surface area (Å²) in [6.07, 6.45) is 2.20. The quantitative estimate of drug-likeness (QED) is 0.547. The van der Waals surface area contributed by atoms with Crippen LogP contribution in [0.4, 0.5) is 0 Å². The zero-order chi connectivity index (χ0) is 15.8. The van der Waals surface area contributed by atoms with Gasteiger partial charge in [0.1, 0.15) is 0 Å². The lowest BCUT2D eigenvalue weighted by atomic mass is 10.1. The first-order valence-corrected chi connectivity index (χ1v) is 8.08. The van der Waals surface area contributed by atoms with Crippen molar-refractivity contribution in [3.8, 4) is 0 Å². The molecule has 0 aliphatic rings. The molecule has 1 aromatic carbocycles. The van der Waals surface area contributed by atoms with Crippen molar-refractivity contribution in [3.63, 3.8) is 0 Å². The van der Waals surface area contributed by atoms with Crippen LogP contribution in [0.3, 0.4) is 0 Å². The SMILES string of the molecule is C=CCN(Cc1ccccc1)C(=O)CCC(=O)c1cccs1. The summed E-state index contributed by atoms with van der Waals surface area (Å²) in [6.45, 7) is 4.73. The average molecular weight is 313 g/mol. The topological polar surface area (TPSA) is 37.4 Å². The van der Waals surface area contributed by atoms with Gasteiger partial charge in [0.25, 0.3) is 0 Å². The lowest BCUT2D eigenvalue weighted by Crippen LogP contribution is -2.30. The third kappa shape index (κ3) is 4.67. The van der Waals surface area contributed by atoms with Gasteiger partial charge in [0.2, 0.25) is 5.91 Å². The van der Waals surface area contributed by atoms with Gasteiger partial charge in [0.15, 0.2) is 5.78 Å². The van der Waals surface area contributed by atoms with Crippen LogP contribution in [0.1, 0.15) is 28.1 Å². The van der Waals surface area contributed by atoms with E-state index in [1.165, 1.54) is 11.3 Å². The summed E-state index contributed by atoms with van der Waals surface area (Å²) in [6, 6.07) is 13.5. The van der Waals surface area contributed by atoms with Crippen LogP contribution in [0.25, 0.3) is 0 Å². The highest BCUT2D eigenvalue weighted by atomic mass is 32.1. The number of Topliss-reactive ketones (excluding diaryl/α,β-unsaturated/α-hetero) is 1. The molecule has 2 aromatic rings. The first-order valence-electron chi connectivity index (χ1n) is 7.20. The summed E-state index contributed by atoms with van der Waals surface area (Å²) in [5, 5.41) is 1.87. The Balaban J connectivity index is 1.92. The van der Waals surface area contributed by atoms with Crippen LogP contribution in [0.5, 0.6) is 0 Å². The molecule has 0 radical (unpaired) electrons. The van der Waals surface area contributed by atoms with E-state index in [2.05, 4.69) is 6.58 Å². The van der Waals surface area contributed by atoms with Crippen molar-refractivity contribution in [2.24, 2.45) is 0 Å². The lowest BCUT2D eigenvalue weighted by Gasteiger charge is -2.21. The molecule has 0 aliphatic carbocycles. The van der Waals surface area contributed by atoms with Crippen LogP contribution in [0.15, 0.2) is 60.5 Å². The molecule has 22 heavy (non-hydrogen) atoms. The second-order valence-corrected chi connectivity index (χ2v) is 5.90. The average Bonchev–Trinajstić information content (AvgIpc) is 3.07. The minimum atomic E-state index is -0.0198. The van der Waals surface area contributed by atoms with Crippen molar-refractivity contribution in [2.75, 3.05) is 6.54 Å². The second-order valence-electron chi connectivity index (χ2n) is 4.95. The fraction of sp³-hybridized carbons (Fsp3) is 0.222. The van der Waals surface area contributed by atoms with Gasteiger partial charge in [-0.05, 0) is 17.0 Å². The summed E-state index contributed by atoms with van der Waals surface area (Å²) in [5.41, 5.74) is 1.07. The van der Waals surface area contributed by atoms with Crippen LogP contribution in [-0.2, 0) is 11.3 Å². The van der Waals surface area contributed by atoms with Crippen molar-refractivity contribution in [2.45, 2.75) is 19.4 Å². The molecular weight excluding hydrogens is 294 g/mol. The Hall–Kier alpha value is -2.20. The zero-order valence-electron chi connectivity index (χ0n) is 12.4. The maximum atomic E-state index is 12.3. The molecule has 0 N–H and O–H groups in total. The van der Waals surface area contributed by atoms with Crippen LogP contribution in [-0.4, -0.2) is 23.1 Å². The first kappa shape index (κ1) is 16.2. The highest BCUT2D eigenvalue weighted by molar-refractivity contribution is 7.12. The summed E-state index contributed by atoms with van der Waals surface area (Å²) in [4.78, 5) is 26.7. The molecule has 0 spiro atoms. The molecule has 2 rings (SSSR count). The minimum absolute atomic E-state index is 0.0198. The van der Waals surface area contributed by atoms with Gasteiger partial charge in [-0.15, -0.1) is 17.9 Å². The Kier molecular flexibility index (Phi) is 6.10. The number of hydrogen-bond acceptors (Lipinski definition) is 3. The first-order chi connectivity index (χ1) is 10.7. The zero-order valence-corrected chi connectivity index (χ0v) is 13.2. The molecule has 114 valence electrons. The van der Waals surface area contributed by atoms with Gasteiger partial charge in [-0.25, -0.2) is 0 Å². The van der Waals surface area contributed by atoms with Crippen LogP contribution in [0.2, 0.25) is 0 Å². The van der Waals surface area contributed by atoms with Gasteiger partial charge >= 0.3 is 0 Å². The maximum absolute atomic E-state index is 12.3. The highest BCUT2D eigenvalue weighted by Crippen LogP contribution is 2.14. The third-order valence-corrected chi connectivity index (χ3v) is 4.19. The monoisotopic (exact) mass is 313 g/mol. The maximum Gasteiger partial charge on any atom is 0.223 e. The molecule has 0 saturated heterocycles. The Morgan fingerprint density at radius 3 is 2.50 bits per heavy atom. The Morgan fingerprint density at radius 1 is 1.09 bits per heavy atom. The number of amides is 1. The van der Waals surface area contributed by atoms with E-state index in [1.54, 1.807) is 17.0 Å². The van der Waals surface area contributed by atoms with Crippen LogP contribution < -0.4 is 0 Å². The van der Waals surface area contributed by atoms with E-state index in [4.69, 9.17) is 0 Å². The Labute approximate surface area is 134 Å². The molecule has 0 unspecified atom stereocenters. The molecule has 3 nitrogen and oxygen atoms in total. The molecule has 0 saturated carbocycles. The third-order valence-electron chi connectivity index (χ3n) is 3.28. The van der Waals surface area contributed by atoms with E-state index in [-0.39, 0.29) is 24.5 Å². The second kappa shape index (κ2) is 8.29. The summed E-state index contributed by atoms with van der Waals surface area (Å²) >= 11 is 1.41. The van der Waals surface area contributed by atoms with Gasteiger partial charge in [-0.3, -0.25) is 9.59 Å². The van der Waals surface area contributed by atoms with E-state index >= 15 is 0 Å². The fourth-order valence-electron chi connectivity index (χ4n) is 2.15. The predicted octanol–water partition coefficient (Wildman–Crippen LogP) is 3.93. The van der Waals surface area contributed by atoms with Gasteiger partial charge in [0.05, 0.1) is 4.88 Å². The number of carbonyl (C=O) groups is 2. The summed E-state index contributed by atoms with van der Waals surface area (Å²) in [7, 11) is 0. The summed E-state index contributed by atoms with van der Waals surface area (Å²) < 4.78 is 0. The predicted molar refractivity (Wildman–Crippen MR) is 89.9 cm³/mol. The standard InChI is InChI=1S/C18H19NO2S/c1-2-12-19(14-15-7-4-3-5-8-15)18(21)11-10-16(20)17-9-6-13-22-17/h2-9,13H,1,10-12,14H2. The molecule has 1 amide bonds. The van der Waals surface area contributed by atoms with Gasteiger partial charge in [0, 0.05) is 25.9 Å². The molecule has 0 atom stereocenters. The summed E-state index contributed by atoms with van der Waals surface area (Å²) in [5.74, 6) is 0.00951. The van der Waals surface area contributed by atoms with Crippen molar-refractivity contribution >= 4 is 23.0 Å². The number of ketones is 1. The normalized spacial score (nSPS) is 10.2. The van der Waals surface area contributed by atoms with Crippen LogP contribution in [0, 0.1) is 0 Å². The molecule has 0 bridgehead atoms. The lowest BCUT2D eigenvalue weighted by molar-refractivity contribution is -0.131. The van der Waals surface area contributed by atoms with E-state index < -0.39 is 0 Å².